The molecule has 1 atom stereocenters. The molecule has 0 bridgehead atoms. The molecule has 0 spiro atoms. The third kappa shape index (κ3) is 5.47. The Morgan fingerprint density at radius 1 is 1.19 bits per heavy atom. The Bertz CT molecular complexity index is 874. The summed E-state index contributed by atoms with van der Waals surface area (Å²) in [5.41, 5.74) is 4.46. The zero-order chi connectivity index (χ0) is 20.0. The first-order valence-corrected chi connectivity index (χ1v) is 7.59. The standard InChI is InChI=1S/C18H14F3N3O3/c19-18(20,21)13-3-1-2-12(8-13)15(9-22)24-16(25)10-27-14-6-4-11(5-7-14)17(23)26/h1-8,15H,10H2,(H2,23,26)(H,24,25). The van der Waals surface area contributed by atoms with Gasteiger partial charge in [-0.1, -0.05) is 12.1 Å². The van der Waals surface area contributed by atoms with Crippen molar-refractivity contribution in [3.63, 3.8) is 0 Å². The summed E-state index contributed by atoms with van der Waals surface area (Å²) in [6.07, 6.45) is -4.56. The van der Waals surface area contributed by atoms with Crippen LogP contribution in [0.25, 0.3) is 0 Å². The van der Waals surface area contributed by atoms with Crippen LogP contribution in [0, 0.1) is 11.3 Å². The summed E-state index contributed by atoms with van der Waals surface area (Å²) < 4.78 is 43.5. The van der Waals surface area contributed by atoms with Gasteiger partial charge in [0.2, 0.25) is 5.91 Å². The van der Waals surface area contributed by atoms with Crippen LogP contribution in [-0.2, 0) is 11.0 Å². The number of nitriles is 1. The van der Waals surface area contributed by atoms with Gasteiger partial charge in [0.15, 0.2) is 6.61 Å². The summed E-state index contributed by atoms with van der Waals surface area (Å²) in [7, 11) is 0. The molecular weight excluding hydrogens is 363 g/mol. The molecule has 2 amide bonds. The average molecular weight is 377 g/mol. The smallest absolute Gasteiger partial charge is 0.416 e. The van der Waals surface area contributed by atoms with Crippen LogP contribution in [0.4, 0.5) is 13.2 Å². The zero-order valence-corrected chi connectivity index (χ0v) is 13.8. The van der Waals surface area contributed by atoms with E-state index in [4.69, 9.17) is 15.7 Å². The first kappa shape index (κ1) is 19.8. The number of rotatable bonds is 6. The van der Waals surface area contributed by atoms with Crippen molar-refractivity contribution < 1.29 is 27.5 Å². The molecule has 2 aromatic carbocycles. The van der Waals surface area contributed by atoms with E-state index in [0.29, 0.717) is 0 Å². The number of carbonyl (C=O) groups excluding carboxylic acids is 2. The Labute approximate surface area is 152 Å². The second kappa shape index (κ2) is 8.23. The van der Waals surface area contributed by atoms with Gasteiger partial charge in [0.05, 0.1) is 11.6 Å². The minimum atomic E-state index is -4.56. The molecule has 0 aliphatic carbocycles. The molecule has 27 heavy (non-hydrogen) atoms. The highest BCUT2D eigenvalue weighted by molar-refractivity contribution is 5.92. The Morgan fingerprint density at radius 3 is 2.41 bits per heavy atom. The van der Waals surface area contributed by atoms with Crippen molar-refractivity contribution in [1.82, 2.24) is 5.32 Å². The molecule has 3 N–H and O–H groups in total. The van der Waals surface area contributed by atoms with Crippen molar-refractivity contribution in [1.29, 1.82) is 5.26 Å². The number of amides is 2. The summed E-state index contributed by atoms with van der Waals surface area (Å²) in [4.78, 5) is 22.9. The first-order valence-electron chi connectivity index (χ1n) is 7.59. The van der Waals surface area contributed by atoms with E-state index in [-0.39, 0.29) is 16.9 Å². The Morgan fingerprint density at radius 2 is 1.85 bits per heavy atom. The molecule has 0 heterocycles. The minimum Gasteiger partial charge on any atom is -0.484 e. The molecule has 6 nitrogen and oxygen atoms in total. The van der Waals surface area contributed by atoms with Crippen molar-refractivity contribution in [2.75, 3.05) is 6.61 Å². The lowest BCUT2D eigenvalue weighted by Crippen LogP contribution is -2.32. The third-order valence-corrected chi connectivity index (χ3v) is 3.49. The SMILES string of the molecule is N#CC(NC(=O)COc1ccc(C(N)=O)cc1)c1cccc(C(F)(F)F)c1. The van der Waals surface area contributed by atoms with E-state index >= 15 is 0 Å². The van der Waals surface area contributed by atoms with Crippen LogP contribution in [0.3, 0.4) is 0 Å². The summed E-state index contributed by atoms with van der Waals surface area (Å²) in [5.74, 6) is -1.03. The predicted octanol–water partition coefficient (Wildman–Crippen LogP) is 2.56. The summed E-state index contributed by atoms with van der Waals surface area (Å²) in [5, 5.41) is 11.5. The van der Waals surface area contributed by atoms with Crippen molar-refractivity contribution >= 4 is 11.8 Å². The molecule has 0 fully saturated rings. The van der Waals surface area contributed by atoms with E-state index in [9.17, 15) is 22.8 Å². The highest BCUT2D eigenvalue weighted by Gasteiger charge is 2.31. The van der Waals surface area contributed by atoms with Gasteiger partial charge in [0, 0.05) is 5.56 Å². The monoisotopic (exact) mass is 377 g/mol. The summed E-state index contributed by atoms with van der Waals surface area (Å²) in [6.45, 7) is -0.465. The fourth-order valence-electron chi connectivity index (χ4n) is 2.15. The van der Waals surface area contributed by atoms with Gasteiger partial charge >= 0.3 is 6.18 Å². The normalized spacial score (nSPS) is 11.9. The second-order valence-corrected chi connectivity index (χ2v) is 5.43. The number of nitrogens with two attached hydrogens (primary N) is 1. The van der Waals surface area contributed by atoms with E-state index in [1.54, 1.807) is 6.07 Å². The summed E-state index contributed by atoms with van der Waals surface area (Å²) in [6, 6.07) is 10.3. The number of alkyl halides is 3. The van der Waals surface area contributed by atoms with Crippen LogP contribution in [0.15, 0.2) is 48.5 Å². The molecule has 140 valence electrons. The van der Waals surface area contributed by atoms with Crippen molar-refractivity contribution in [2.24, 2.45) is 5.73 Å². The number of hydrogen-bond donors (Lipinski definition) is 2. The number of halogens is 3. The molecule has 2 rings (SSSR count). The Balaban J connectivity index is 1.99. The predicted molar refractivity (Wildman–Crippen MR) is 88.4 cm³/mol. The van der Waals surface area contributed by atoms with Gasteiger partial charge in [-0.15, -0.1) is 0 Å². The van der Waals surface area contributed by atoms with E-state index in [0.717, 1.165) is 18.2 Å². The molecule has 9 heteroatoms. The quantitative estimate of drug-likeness (QED) is 0.807. The number of primary amides is 1. The van der Waals surface area contributed by atoms with Gasteiger partial charge in [-0.3, -0.25) is 9.59 Å². The number of benzene rings is 2. The molecule has 0 saturated heterocycles. The van der Waals surface area contributed by atoms with Crippen LogP contribution in [0.1, 0.15) is 27.5 Å². The lowest BCUT2D eigenvalue weighted by atomic mass is 10.0. The molecule has 0 saturated carbocycles. The average Bonchev–Trinajstić information content (AvgIpc) is 2.64. The van der Waals surface area contributed by atoms with Gasteiger partial charge < -0.3 is 15.8 Å². The van der Waals surface area contributed by atoms with E-state index in [1.807, 2.05) is 0 Å². The number of hydrogen-bond acceptors (Lipinski definition) is 4. The van der Waals surface area contributed by atoms with E-state index in [1.165, 1.54) is 30.3 Å². The molecule has 0 radical (unpaired) electrons. The maximum absolute atomic E-state index is 12.8. The highest BCUT2D eigenvalue weighted by atomic mass is 19.4. The van der Waals surface area contributed by atoms with E-state index < -0.39 is 36.2 Å². The lowest BCUT2D eigenvalue weighted by molar-refractivity contribution is -0.137. The molecule has 0 aliphatic heterocycles. The van der Waals surface area contributed by atoms with Crippen molar-refractivity contribution in [3.8, 4) is 11.8 Å². The second-order valence-electron chi connectivity index (χ2n) is 5.43. The maximum atomic E-state index is 12.8. The van der Waals surface area contributed by atoms with Gasteiger partial charge in [-0.05, 0) is 42.0 Å². The molecule has 0 aliphatic rings. The topological polar surface area (TPSA) is 105 Å². The van der Waals surface area contributed by atoms with Crippen LogP contribution in [-0.4, -0.2) is 18.4 Å². The first-order chi connectivity index (χ1) is 12.7. The summed E-state index contributed by atoms with van der Waals surface area (Å²) >= 11 is 0. The molecular formula is C18H14F3N3O3. The largest absolute Gasteiger partial charge is 0.484 e. The Kier molecular flexibility index (Phi) is 6.03. The van der Waals surface area contributed by atoms with Crippen LogP contribution >= 0.6 is 0 Å². The number of carbonyl (C=O) groups is 2. The Hall–Kier alpha value is -3.54. The van der Waals surface area contributed by atoms with Crippen LogP contribution < -0.4 is 15.8 Å². The minimum absolute atomic E-state index is 0.00601. The molecule has 2 aromatic rings. The lowest BCUT2D eigenvalue weighted by Gasteiger charge is -2.14. The van der Waals surface area contributed by atoms with Gasteiger partial charge in [0.25, 0.3) is 5.91 Å². The maximum Gasteiger partial charge on any atom is 0.416 e. The van der Waals surface area contributed by atoms with Crippen LogP contribution in [0.5, 0.6) is 5.75 Å². The van der Waals surface area contributed by atoms with Crippen molar-refractivity contribution in [2.45, 2.75) is 12.2 Å². The van der Waals surface area contributed by atoms with E-state index in [2.05, 4.69) is 5.32 Å². The van der Waals surface area contributed by atoms with Crippen LogP contribution in [0.2, 0.25) is 0 Å². The number of ether oxygens (including phenoxy) is 1. The molecule has 0 aromatic heterocycles. The number of nitrogens with zero attached hydrogens (tertiary/aromatic N) is 1. The van der Waals surface area contributed by atoms with Gasteiger partial charge in [-0.2, -0.15) is 18.4 Å². The molecule has 1 unspecified atom stereocenters. The third-order valence-electron chi connectivity index (χ3n) is 3.49. The highest BCUT2D eigenvalue weighted by Crippen LogP contribution is 2.30. The van der Waals surface area contributed by atoms with Crippen molar-refractivity contribution in [3.05, 3.63) is 65.2 Å². The number of nitrogens with one attached hydrogen (secondary N) is 1. The van der Waals surface area contributed by atoms with Gasteiger partial charge in [0.1, 0.15) is 11.8 Å². The zero-order valence-electron chi connectivity index (χ0n) is 13.8. The van der Waals surface area contributed by atoms with Gasteiger partial charge in [-0.25, -0.2) is 0 Å². The fourth-order valence-corrected chi connectivity index (χ4v) is 2.15. The fraction of sp³-hybridized carbons (Fsp3) is 0.167.